The van der Waals surface area contributed by atoms with Gasteiger partial charge in [-0.25, -0.2) is 12.8 Å². The van der Waals surface area contributed by atoms with Crippen LogP contribution in [-0.2, 0) is 10.0 Å². The van der Waals surface area contributed by atoms with E-state index in [0.717, 1.165) is 11.0 Å². The van der Waals surface area contributed by atoms with E-state index in [2.05, 4.69) is 10.0 Å². The van der Waals surface area contributed by atoms with Crippen molar-refractivity contribution in [2.45, 2.75) is 14.7 Å². The van der Waals surface area contributed by atoms with Gasteiger partial charge in [-0.3, -0.25) is 9.52 Å². The number of halogens is 2. The molecule has 0 unspecified atom stereocenters. The number of rotatable bonds is 7. The van der Waals surface area contributed by atoms with Crippen molar-refractivity contribution < 1.29 is 17.6 Å². The zero-order valence-electron chi connectivity index (χ0n) is 17.5. The monoisotopic (exact) mass is 512 g/mol. The number of carbonyl (C=O) groups excluding carboxylic acids is 1. The maximum absolute atomic E-state index is 14.7. The molecule has 2 N–H and O–H groups in total. The van der Waals surface area contributed by atoms with Crippen LogP contribution in [0.1, 0.15) is 10.4 Å². The van der Waals surface area contributed by atoms with Gasteiger partial charge in [0, 0.05) is 20.4 Å². The molecule has 0 radical (unpaired) electrons. The standard InChI is InChI=1S/C25H18ClFN2O3S2/c26-18-12-10-17(11-13-18)25(30)28-22-15-14-20(16-21(22)27)34(31,32)29-23-8-4-5-9-24(23)33-19-6-2-1-3-7-19/h1-16,29H,(H,28,30). The van der Waals surface area contributed by atoms with Gasteiger partial charge in [0.25, 0.3) is 15.9 Å². The lowest BCUT2D eigenvalue weighted by molar-refractivity contribution is 0.102. The van der Waals surface area contributed by atoms with Crippen molar-refractivity contribution in [3.05, 3.63) is 113 Å². The second-order valence-corrected chi connectivity index (χ2v) is 10.4. The summed E-state index contributed by atoms with van der Waals surface area (Å²) in [7, 11) is -4.08. The highest BCUT2D eigenvalue weighted by molar-refractivity contribution is 7.99. The summed E-state index contributed by atoms with van der Waals surface area (Å²) in [6.07, 6.45) is 0. The number of benzene rings is 4. The first-order valence-electron chi connectivity index (χ1n) is 10.0. The molecule has 0 saturated carbocycles. The average Bonchev–Trinajstić information content (AvgIpc) is 2.82. The largest absolute Gasteiger partial charge is 0.319 e. The van der Waals surface area contributed by atoms with E-state index in [1.54, 1.807) is 36.4 Å². The zero-order valence-corrected chi connectivity index (χ0v) is 19.9. The Hall–Kier alpha value is -3.33. The topological polar surface area (TPSA) is 75.3 Å². The van der Waals surface area contributed by atoms with Gasteiger partial charge in [0.1, 0.15) is 5.82 Å². The number of amides is 1. The van der Waals surface area contributed by atoms with Crippen molar-refractivity contribution in [3.8, 4) is 0 Å². The molecule has 34 heavy (non-hydrogen) atoms. The Kier molecular flexibility index (Phi) is 7.21. The van der Waals surface area contributed by atoms with Gasteiger partial charge in [-0.05, 0) is 66.7 Å². The van der Waals surface area contributed by atoms with Gasteiger partial charge >= 0.3 is 0 Å². The van der Waals surface area contributed by atoms with Crippen molar-refractivity contribution in [2.24, 2.45) is 0 Å². The highest BCUT2D eigenvalue weighted by Crippen LogP contribution is 2.34. The predicted molar refractivity (Wildman–Crippen MR) is 134 cm³/mol. The summed E-state index contributed by atoms with van der Waals surface area (Å²) in [5.74, 6) is -1.42. The van der Waals surface area contributed by atoms with E-state index in [1.807, 2.05) is 30.3 Å². The van der Waals surface area contributed by atoms with Gasteiger partial charge in [-0.15, -0.1) is 0 Å². The Morgan fingerprint density at radius 3 is 2.21 bits per heavy atom. The van der Waals surface area contributed by atoms with Crippen molar-refractivity contribution in [1.82, 2.24) is 0 Å². The maximum Gasteiger partial charge on any atom is 0.262 e. The normalized spacial score (nSPS) is 11.1. The summed E-state index contributed by atoms with van der Waals surface area (Å²) in [4.78, 5) is 13.7. The van der Waals surface area contributed by atoms with Crippen LogP contribution in [-0.4, -0.2) is 14.3 Å². The zero-order chi connectivity index (χ0) is 24.1. The molecule has 9 heteroatoms. The van der Waals surface area contributed by atoms with Crippen LogP contribution in [0.2, 0.25) is 5.02 Å². The molecule has 0 saturated heterocycles. The van der Waals surface area contributed by atoms with E-state index in [9.17, 15) is 17.6 Å². The second kappa shape index (κ2) is 10.3. The summed E-state index contributed by atoms with van der Waals surface area (Å²) >= 11 is 7.22. The third-order valence-electron chi connectivity index (χ3n) is 4.71. The molecule has 4 aromatic rings. The first-order valence-corrected chi connectivity index (χ1v) is 12.7. The van der Waals surface area contributed by atoms with Crippen LogP contribution in [0.3, 0.4) is 0 Å². The first-order chi connectivity index (χ1) is 16.3. The third-order valence-corrected chi connectivity index (χ3v) is 7.41. The highest BCUT2D eigenvalue weighted by Gasteiger charge is 2.19. The highest BCUT2D eigenvalue weighted by atomic mass is 35.5. The van der Waals surface area contributed by atoms with E-state index in [0.29, 0.717) is 15.6 Å². The van der Waals surface area contributed by atoms with Crippen molar-refractivity contribution in [2.75, 3.05) is 10.0 Å². The molecule has 172 valence electrons. The van der Waals surface area contributed by atoms with Crippen LogP contribution >= 0.6 is 23.4 Å². The number of anilines is 2. The molecule has 0 aliphatic heterocycles. The Morgan fingerprint density at radius 1 is 0.824 bits per heavy atom. The molecule has 0 atom stereocenters. The molecule has 4 aromatic carbocycles. The Morgan fingerprint density at radius 2 is 1.50 bits per heavy atom. The number of sulfonamides is 1. The summed E-state index contributed by atoms with van der Waals surface area (Å²) < 4.78 is 43.1. The van der Waals surface area contributed by atoms with E-state index in [1.165, 1.54) is 36.0 Å². The molecule has 1 amide bonds. The minimum Gasteiger partial charge on any atom is -0.319 e. The van der Waals surface area contributed by atoms with Gasteiger partial charge in [-0.2, -0.15) is 0 Å². The molecule has 0 heterocycles. The van der Waals surface area contributed by atoms with Crippen LogP contribution in [0.4, 0.5) is 15.8 Å². The van der Waals surface area contributed by atoms with E-state index in [4.69, 9.17) is 11.6 Å². The summed E-state index contributed by atoms with van der Waals surface area (Å²) in [5.41, 5.74) is 0.519. The van der Waals surface area contributed by atoms with Crippen LogP contribution in [0.25, 0.3) is 0 Å². The quantitative estimate of drug-likeness (QED) is 0.289. The van der Waals surface area contributed by atoms with Crippen LogP contribution in [0.5, 0.6) is 0 Å². The number of nitrogens with one attached hydrogen (secondary N) is 2. The molecular weight excluding hydrogens is 495 g/mol. The molecule has 0 aromatic heterocycles. The fraction of sp³-hybridized carbons (Fsp3) is 0. The van der Waals surface area contributed by atoms with E-state index < -0.39 is 21.7 Å². The van der Waals surface area contributed by atoms with Crippen molar-refractivity contribution in [1.29, 1.82) is 0 Å². The maximum atomic E-state index is 14.7. The Labute approximate surface area is 206 Å². The van der Waals surface area contributed by atoms with Crippen LogP contribution in [0, 0.1) is 5.82 Å². The lowest BCUT2D eigenvalue weighted by Gasteiger charge is -2.13. The third kappa shape index (κ3) is 5.77. The molecule has 0 aliphatic carbocycles. The molecule has 5 nitrogen and oxygen atoms in total. The molecular formula is C25H18ClFN2O3S2. The summed E-state index contributed by atoms with van der Waals surface area (Å²) in [5, 5.41) is 2.90. The number of hydrogen-bond donors (Lipinski definition) is 2. The van der Waals surface area contributed by atoms with E-state index in [-0.39, 0.29) is 16.1 Å². The Balaban J connectivity index is 1.53. The SMILES string of the molecule is O=C(Nc1ccc(S(=O)(=O)Nc2ccccc2Sc2ccccc2)cc1F)c1ccc(Cl)cc1. The van der Waals surface area contributed by atoms with Gasteiger partial charge < -0.3 is 5.32 Å². The number of para-hydroxylation sites is 1. The molecule has 0 spiro atoms. The predicted octanol–water partition coefficient (Wildman–Crippen LogP) is 6.68. The number of carbonyl (C=O) groups is 1. The lowest BCUT2D eigenvalue weighted by atomic mass is 10.2. The fourth-order valence-electron chi connectivity index (χ4n) is 3.02. The van der Waals surface area contributed by atoms with Crippen molar-refractivity contribution in [3.63, 3.8) is 0 Å². The van der Waals surface area contributed by atoms with Gasteiger partial charge in [-0.1, -0.05) is 53.7 Å². The smallest absolute Gasteiger partial charge is 0.262 e. The van der Waals surface area contributed by atoms with E-state index >= 15 is 0 Å². The van der Waals surface area contributed by atoms with Gasteiger partial charge in [0.05, 0.1) is 16.3 Å². The average molecular weight is 513 g/mol. The molecule has 0 bridgehead atoms. The summed E-state index contributed by atoms with van der Waals surface area (Å²) in [6, 6.07) is 25.9. The van der Waals surface area contributed by atoms with Crippen molar-refractivity contribution >= 4 is 50.7 Å². The minimum atomic E-state index is -4.08. The van der Waals surface area contributed by atoms with Gasteiger partial charge in [0.2, 0.25) is 0 Å². The van der Waals surface area contributed by atoms with Gasteiger partial charge in [0.15, 0.2) is 0 Å². The lowest BCUT2D eigenvalue weighted by Crippen LogP contribution is -2.15. The molecule has 0 aliphatic rings. The van der Waals surface area contributed by atoms with Crippen LogP contribution < -0.4 is 10.0 Å². The molecule has 0 fully saturated rings. The second-order valence-electron chi connectivity index (χ2n) is 7.12. The minimum absolute atomic E-state index is 0.140. The molecule has 4 rings (SSSR count). The summed E-state index contributed by atoms with van der Waals surface area (Å²) in [6.45, 7) is 0. The fourth-order valence-corrected chi connectivity index (χ4v) is 5.22. The first kappa shape index (κ1) is 23.8. The number of hydrogen-bond acceptors (Lipinski definition) is 4. The Bertz CT molecular complexity index is 1430. The van der Waals surface area contributed by atoms with Crippen LogP contribution in [0.15, 0.2) is 112 Å².